The number of aliphatic hydroxyl groups excluding tert-OH is 2. The maximum Gasteiger partial charge on any atom is 0.0984 e. The molecule has 0 radical (unpaired) electrons. The number of aliphatic hydroxyl groups is 2. The van der Waals surface area contributed by atoms with Gasteiger partial charge in [-0.15, -0.1) is 0 Å². The topological polar surface area (TPSA) is 64.2 Å². The largest absolute Gasteiger partial charge is 0.396 e. The first-order chi connectivity index (χ1) is 5.74. The molecule has 12 heavy (non-hydrogen) atoms. The highest BCUT2D eigenvalue weighted by Crippen LogP contribution is 2.23. The average Bonchev–Trinajstić information content (AvgIpc) is 2.13. The van der Waals surface area contributed by atoms with Crippen LogP contribution in [0.3, 0.4) is 0 Å². The third kappa shape index (κ3) is 3.04. The zero-order chi connectivity index (χ0) is 9.45. The summed E-state index contributed by atoms with van der Waals surface area (Å²) in [5.41, 5.74) is -0.794. The number of hydrogen-bond acceptors (Lipinski definition) is 3. The van der Waals surface area contributed by atoms with Crippen molar-refractivity contribution < 1.29 is 10.2 Å². The predicted octanol–water partition coefficient (Wildman–Crippen LogP) is 0.837. The molecule has 0 fully saturated rings. The Balaban J connectivity index is 4.27. The molecule has 1 atom stereocenters. The molecule has 0 aromatic heterocycles. The van der Waals surface area contributed by atoms with E-state index in [2.05, 4.69) is 6.07 Å². The molecule has 1 unspecified atom stereocenters. The monoisotopic (exact) mass is 169 g/mol. The molecule has 0 aliphatic heterocycles. The third-order valence-corrected chi connectivity index (χ3v) is 1.77. The van der Waals surface area contributed by atoms with Gasteiger partial charge < -0.3 is 10.2 Å². The summed E-state index contributed by atoms with van der Waals surface area (Å²) in [5.74, 6) is 0. The highest BCUT2D eigenvalue weighted by molar-refractivity contribution is 5.11. The van der Waals surface area contributed by atoms with Gasteiger partial charge in [0.1, 0.15) is 0 Å². The normalized spacial score (nSPS) is 15.8. The Morgan fingerprint density at radius 1 is 1.50 bits per heavy atom. The van der Waals surface area contributed by atoms with Crippen LogP contribution in [0.5, 0.6) is 0 Å². The van der Waals surface area contributed by atoms with Gasteiger partial charge in [0.2, 0.25) is 0 Å². The predicted molar refractivity (Wildman–Crippen MR) is 46.3 cm³/mol. The van der Waals surface area contributed by atoms with Crippen molar-refractivity contribution in [3.05, 3.63) is 12.2 Å². The maximum atomic E-state index is 8.98. The fourth-order valence-corrected chi connectivity index (χ4v) is 1.06. The van der Waals surface area contributed by atoms with Crippen LogP contribution in [0.25, 0.3) is 0 Å². The van der Waals surface area contributed by atoms with E-state index in [1.165, 1.54) is 0 Å². The molecule has 0 bridgehead atoms. The smallest absolute Gasteiger partial charge is 0.0984 e. The summed E-state index contributed by atoms with van der Waals surface area (Å²) in [6, 6.07) is 2.05. The molecule has 0 aromatic rings. The Bertz CT molecular complexity index is 183. The van der Waals surface area contributed by atoms with Gasteiger partial charge in [-0.25, -0.2) is 0 Å². The van der Waals surface area contributed by atoms with E-state index in [1.54, 1.807) is 19.1 Å². The van der Waals surface area contributed by atoms with Crippen LogP contribution in [0.15, 0.2) is 12.2 Å². The highest BCUT2D eigenvalue weighted by Gasteiger charge is 2.24. The molecule has 2 N–H and O–H groups in total. The van der Waals surface area contributed by atoms with Crippen LogP contribution in [-0.2, 0) is 0 Å². The zero-order valence-corrected chi connectivity index (χ0v) is 7.32. The van der Waals surface area contributed by atoms with E-state index < -0.39 is 5.41 Å². The van der Waals surface area contributed by atoms with E-state index in [9.17, 15) is 0 Å². The minimum absolute atomic E-state index is 0.0565. The summed E-state index contributed by atoms with van der Waals surface area (Å²) < 4.78 is 0. The van der Waals surface area contributed by atoms with Crippen LogP contribution in [0.2, 0.25) is 0 Å². The molecule has 0 saturated heterocycles. The average molecular weight is 169 g/mol. The van der Waals surface area contributed by atoms with E-state index in [1.807, 2.05) is 0 Å². The Kier molecular flexibility index (Phi) is 5.35. The first-order valence-electron chi connectivity index (χ1n) is 4.01. The highest BCUT2D eigenvalue weighted by atomic mass is 16.3. The van der Waals surface area contributed by atoms with Crippen molar-refractivity contribution >= 4 is 0 Å². The Hall–Kier alpha value is -0.850. The lowest BCUT2D eigenvalue weighted by atomic mass is 9.85. The van der Waals surface area contributed by atoms with Gasteiger partial charge >= 0.3 is 0 Å². The molecule has 0 aliphatic rings. The lowest BCUT2D eigenvalue weighted by Crippen LogP contribution is -2.21. The summed E-state index contributed by atoms with van der Waals surface area (Å²) >= 11 is 0. The molecular formula is C9H15NO2. The first-order valence-corrected chi connectivity index (χ1v) is 4.01. The molecule has 68 valence electrons. The second kappa shape index (κ2) is 5.76. The first kappa shape index (κ1) is 11.2. The molecule has 0 aromatic carbocycles. The fraction of sp³-hybridized carbons (Fsp3) is 0.667. The lowest BCUT2D eigenvalue weighted by Gasteiger charge is -2.18. The van der Waals surface area contributed by atoms with Gasteiger partial charge in [0.05, 0.1) is 18.1 Å². The van der Waals surface area contributed by atoms with Crippen LogP contribution in [0.1, 0.15) is 19.8 Å². The number of nitriles is 1. The maximum absolute atomic E-state index is 8.98. The minimum Gasteiger partial charge on any atom is -0.396 e. The van der Waals surface area contributed by atoms with Crippen LogP contribution < -0.4 is 0 Å². The zero-order valence-electron chi connectivity index (χ0n) is 7.32. The van der Waals surface area contributed by atoms with E-state index in [0.717, 1.165) is 0 Å². The molecule has 3 nitrogen and oxygen atoms in total. The molecule has 0 heterocycles. The molecule has 0 rings (SSSR count). The van der Waals surface area contributed by atoms with Gasteiger partial charge in [0.15, 0.2) is 0 Å². The summed E-state index contributed by atoms with van der Waals surface area (Å²) in [4.78, 5) is 0. The molecule has 0 aliphatic carbocycles. The fourth-order valence-electron chi connectivity index (χ4n) is 1.06. The van der Waals surface area contributed by atoms with Crippen molar-refractivity contribution in [3.63, 3.8) is 0 Å². The van der Waals surface area contributed by atoms with Crippen molar-refractivity contribution in [1.29, 1.82) is 5.26 Å². The second-order valence-electron chi connectivity index (χ2n) is 2.75. The van der Waals surface area contributed by atoms with Gasteiger partial charge in [0, 0.05) is 6.61 Å². The van der Waals surface area contributed by atoms with Gasteiger partial charge in [-0.2, -0.15) is 5.26 Å². The Morgan fingerprint density at radius 3 is 2.50 bits per heavy atom. The number of hydrogen-bond donors (Lipinski definition) is 2. The Morgan fingerprint density at radius 2 is 2.17 bits per heavy atom. The number of nitrogens with zero attached hydrogens (tertiary/aromatic N) is 1. The minimum atomic E-state index is -0.794. The van der Waals surface area contributed by atoms with Crippen molar-refractivity contribution in [1.82, 2.24) is 0 Å². The van der Waals surface area contributed by atoms with Crippen molar-refractivity contribution in [3.8, 4) is 6.07 Å². The Labute approximate surface area is 73.0 Å². The molecule has 0 spiro atoms. The second-order valence-corrected chi connectivity index (χ2v) is 2.75. The van der Waals surface area contributed by atoms with Crippen molar-refractivity contribution in [2.24, 2.45) is 5.41 Å². The van der Waals surface area contributed by atoms with Gasteiger partial charge in [-0.3, -0.25) is 0 Å². The summed E-state index contributed by atoms with van der Waals surface area (Å²) in [5, 5.41) is 26.3. The van der Waals surface area contributed by atoms with Crippen molar-refractivity contribution in [2.75, 3.05) is 13.2 Å². The molecular weight excluding hydrogens is 154 g/mol. The number of rotatable bonds is 5. The summed E-state index contributed by atoms with van der Waals surface area (Å²) in [7, 11) is 0. The SMILES string of the molecule is C/C=C/C(C#N)(CO)CCCO. The van der Waals surface area contributed by atoms with Crippen LogP contribution in [0, 0.1) is 16.7 Å². The van der Waals surface area contributed by atoms with E-state index in [-0.39, 0.29) is 13.2 Å². The van der Waals surface area contributed by atoms with Gasteiger partial charge in [0.25, 0.3) is 0 Å². The van der Waals surface area contributed by atoms with Crippen LogP contribution in [0.4, 0.5) is 0 Å². The quantitative estimate of drug-likeness (QED) is 0.599. The van der Waals surface area contributed by atoms with Crippen LogP contribution in [-0.4, -0.2) is 23.4 Å². The summed E-state index contributed by atoms with van der Waals surface area (Å²) in [6.45, 7) is 1.68. The standard InChI is InChI=1S/C9H15NO2/c1-2-4-9(7-10,8-12)5-3-6-11/h2,4,11-12H,3,5-6,8H2,1H3/b4-2+. The molecule has 0 amide bonds. The third-order valence-electron chi connectivity index (χ3n) is 1.77. The van der Waals surface area contributed by atoms with E-state index in [0.29, 0.717) is 12.8 Å². The van der Waals surface area contributed by atoms with Crippen molar-refractivity contribution in [2.45, 2.75) is 19.8 Å². The van der Waals surface area contributed by atoms with Crippen LogP contribution >= 0.6 is 0 Å². The molecule has 3 heteroatoms. The number of allylic oxidation sites excluding steroid dienone is 1. The summed E-state index contributed by atoms with van der Waals surface area (Å²) in [6.07, 6.45) is 4.47. The lowest BCUT2D eigenvalue weighted by molar-refractivity contribution is 0.187. The van der Waals surface area contributed by atoms with Gasteiger partial charge in [-0.05, 0) is 19.8 Å². The van der Waals surface area contributed by atoms with E-state index >= 15 is 0 Å². The van der Waals surface area contributed by atoms with Gasteiger partial charge in [-0.1, -0.05) is 12.2 Å². The van der Waals surface area contributed by atoms with E-state index in [4.69, 9.17) is 15.5 Å². The molecule has 0 saturated carbocycles.